The first-order valence-electron chi connectivity index (χ1n) is 8.02. The van der Waals surface area contributed by atoms with E-state index in [-0.39, 0.29) is 17.9 Å². The van der Waals surface area contributed by atoms with Crippen LogP contribution in [0.15, 0.2) is 48.5 Å². The standard InChI is InChI=1S/C19H17NO4/c21-18(20-12-9-11(10-12)19(22)23)17-13-5-1-3-7-15(13)24-16-8-4-2-6-14(16)17/h1-8,11-12,17H,9-10H2,(H,20,21)(H,22,23). The molecule has 0 saturated heterocycles. The fourth-order valence-electron chi connectivity index (χ4n) is 3.41. The molecular formula is C19H17NO4. The molecule has 0 atom stereocenters. The molecule has 5 heteroatoms. The molecule has 0 aromatic heterocycles. The monoisotopic (exact) mass is 323 g/mol. The van der Waals surface area contributed by atoms with Crippen LogP contribution in [-0.2, 0) is 9.59 Å². The Kier molecular flexibility index (Phi) is 3.49. The number of fused-ring (bicyclic) bond motifs is 2. The molecule has 2 aliphatic rings. The van der Waals surface area contributed by atoms with Gasteiger partial charge in [-0.2, -0.15) is 0 Å². The summed E-state index contributed by atoms with van der Waals surface area (Å²) in [5, 5.41) is 12.0. The summed E-state index contributed by atoms with van der Waals surface area (Å²) in [4.78, 5) is 23.8. The second kappa shape index (κ2) is 5.67. The molecule has 122 valence electrons. The molecule has 1 amide bonds. The summed E-state index contributed by atoms with van der Waals surface area (Å²) >= 11 is 0. The van der Waals surface area contributed by atoms with E-state index in [0.29, 0.717) is 24.3 Å². The molecule has 2 aromatic carbocycles. The number of aliphatic carboxylic acids is 1. The maximum Gasteiger partial charge on any atom is 0.306 e. The quantitative estimate of drug-likeness (QED) is 0.910. The fourth-order valence-corrected chi connectivity index (χ4v) is 3.41. The number of amides is 1. The number of carboxylic acid groups (broad SMARTS) is 1. The minimum absolute atomic E-state index is 0.0687. The second-order valence-electron chi connectivity index (χ2n) is 6.32. The SMILES string of the molecule is O=C(O)C1CC(NC(=O)C2c3ccccc3Oc3ccccc32)C1. The molecule has 1 aliphatic carbocycles. The minimum Gasteiger partial charge on any atom is -0.481 e. The van der Waals surface area contributed by atoms with Crippen LogP contribution in [0.1, 0.15) is 29.9 Å². The summed E-state index contributed by atoms with van der Waals surface area (Å²) in [6, 6.07) is 15.0. The number of ether oxygens (including phenoxy) is 1. The third-order valence-corrected chi connectivity index (χ3v) is 4.78. The average molecular weight is 323 g/mol. The van der Waals surface area contributed by atoms with Gasteiger partial charge in [0.1, 0.15) is 11.5 Å². The molecule has 2 N–H and O–H groups in total. The maximum atomic E-state index is 12.9. The third-order valence-electron chi connectivity index (χ3n) is 4.78. The highest BCUT2D eigenvalue weighted by molar-refractivity contribution is 5.90. The Morgan fingerprint density at radius 1 is 0.958 bits per heavy atom. The molecule has 1 heterocycles. The Hall–Kier alpha value is -2.82. The molecule has 1 saturated carbocycles. The van der Waals surface area contributed by atoms with E-state index in [0.717, 1.165) is 11.1 Å². The van der Waals surface area contributed by atoms with Crippen LogP contribution in [0.5, 0.6) is 11.5 Å². The van der Waals surface area contributed by atoms with E-state index >= 15 is 0 Å². The van der Waals surface area contributed by atoms with Crippen LogP contribution >= 0.6 is 0 Å². The Labute approximate surface area is 139 Å². The first-order chi connectivity index (χ1) is 11.6. The molecule has 1 fully saturated rings. The highest BCUT2D eigenvalue weighted by atomic mass is 16.5. The highest BCUT2D eigenvalue weighted by Gasteiger charge is 2.38. The first-order valence-corrected chi connectivity index (χ1v) is 8.02. The van der Waals surface area contributed by atoms with Crippen molar-refractivity contribution in [2.45, 2.75) is 24.8 Å². The molecule has 0 bridgehead atoms. The zero-order valence-electron chi connectivity index (χ0n) is 12.9. The summed E-state index contributed by atoms with van der Waals surface area (Å²) in [7, 11) is 0. The molecule has 0 unspecified atom stereocenters. The topological polar surface area (TPSA) is 75.6 Å². The van der Waals surface area contributed by atoms with Crippen LogP contribution in [0.3, 0.4) is 0 Å². The van der Waals surface area contributed by atoms with Crippen LogP contribution in [-0.4, -0.2) is 23.0 Å². The predicted octanol–water partition coefficient (Wildman–Crippen LogP) is 2.90. The number of nitrogens with one attached hydrogen (secondary N) is 1. The predicted molar refractivity (Wildman–Crippen MR) is 87.1 cm³/mol. The minimum atomic E-state index is -0.790. The van der Waals surface area contributed by atoms with E-state index in [2.05, 4.69) is 5.32 Å². The van der Waals surface area contributed by atoms with Crippen molar-refractivity contribution in [2.24, 2.45) is 5.92 Å². The van der Waals surface area contributed by atoms with Gasteiger partial charge < -0.3 is 15.2 Å². The molecule has 4 rings (SSSR count). The zero-order chi connectivity index (χ0) is 16.7. The van der Waals surface area contributed by atoms with Crippen molar-refractivity contribution in [3.63, 3.8) is 0 Å². The molecule has 0 spiro atoms. The number of benzene rings is 2. The molecule has 5 nitrogen and oxygen atoms in total. The van der Waals surface area contributed by atoms with Gasteiger partial charge in [-0.1, -0.05) is 36.4 Å². The van der Waals surface area contributed by atoms with Gasteiger partial charge in [-0.05, 0) is 25.0 Å². The van der Waals surface area contributed by atoms with Crippen molar-refractivity contribution in [1.82, 2.24) is 5.32 Å². The lowest BCUT2D eigenvalue weighted by molar-refractivity contribution is -0.146. The number of rotatable bonds is 3. The van der Waals surface area contributed by atoms with E-state index < -0.39 is 11.9 Å². The summed E-state index contributed by atoms with van der Waals surface area (Å²) < 4.78 is 5.89. The van der Waals surface area contributed by atoms with E-state index in [9.17, 15) is 9.59 Å². The zero-order valence-corrected chi connectivity index (χ0v) is 12.9. The van der Waals surface area contributed by atoms with Crippen LogP contribution in [0.2, 0.25) is 0 Å². The van der Waals surface area contributed by atoms with Crippen LogP contribution in [0, 0.1) is 5.92 Å². The summed E-state index contributed by atoms with van der Waals surface area (Å²) in [5.41, 5.74) is 1.67. The first kappa shape index (κ1) is 14.8. The number of hydrogen-bond donors (Lipinski definition) is 2. The van der Waals surface area contributed by atoms with Gasteiger partial charge in [0.15, 0.2) is 0 Å². The molecule has 0 radical (unpaired) electrons. The van der Waals surface area contributed by atoms with Gasteiger partial charge >= 0.3 is 5.97 Å². The summed E-state index contributed by atoms with van der Waals surface area (Å²) in [5.74, 6) is -0.296. The normalized spacial score (nSPS) is 21.7. The lowest BCUT2D eigenvalue weighted by Crippen LogP contribution is -2.48. The lowest BCUT2D eigenvalue weighted by atomic mass is 9.79. The number of para-hydroxylation sites is 2. The number of carboxylic acids is 1. The van der Waals surface area contributed by atoms with E-state index in [4.69, 9.17) is 9.84 Å². The highest BCUT2D eigenvalue weighted by Crippen LogP contribution is 2.44. The van der Waals surface area contributed by atoms with Gasteiger partial charge in [-0.25, -0.2) is 0 Å². The Bertz CT molecular complexity index is 765. The van der Waals surface area contributed by atoms with Crippen molar-refractivity contribution in [1.29, 1.82) is 0 Å². The van der Waals surface area contributed by atoms with E-state index in [1.165, 1.54) is 0 Å². The van der Waals surface area contributed by atoms with Gasteiger partial charge in [0, 0.05) is 17.2 Å². The number of carbonyl (C=O) groups excluding carboxylic acids is 1. The molecular weight excluding hydrogens is 306 g/mol. The maximum absolute atomic E-state index is 12.9. The van der Waals surface area contributed by atoms with Gasteiger partial charge in [-0.3, -0.25) is 9.59 Å². The van der Waals surface area contributed by atoms with Gasteiger partial charge in [0.2, 0.25) is 5.91 Å². The smallest absolute Gasteiger partial charge is 0.306 e. The van der Waals surface area contributed by atoms with Crippen LogP contribution in [0.25, 0.3) is 0 Å². The van der Waals surface area contributed by atoms with Crippen LogP contribution in [0.4, 0.5) is 0 Å². The lowest BCUT2D eigenvalue weighted by Gasteiger charge is -2.35. The largest absolute Gasteiger partial charge is 0.481 e. The Balaban J connectivity index is 1.60. The van der Waals surface area contributed by atoms with Gasteiger partial charge in [0.25, 0.3) is 0 Å². The van der Waals surface area contributed by atoms with Crippen LogP contribution < -0.4 is 10.1 Å². The average Bonchev–Trinajstić information content (AvgIpc) is 2.54. The Morgan fingerprint density at radius 2 is 1.50 bits per heavy atom. The molecule has 24 heavy (non-hydrogen) atoms. The van der Waals surface area contributed by atoms with Crippen molar-refractivity contribution < 1.29 is 19.4 Å². The summed E-state index contributed by atoms with van der Waals surface area (Å²) in [6.45, 7) is 0. The molecule has 1 aliphatic heterocycles. The van der Waals surface area contributed by atoms with Crippen molar-refractivity contribution >= 4 is 11.9 Å². The van der Waals surface area contributed by atoms with Crippen molar-refractivity contribution in [3.05, 3.63) is 59.7 Å². The Morgan fingerprint density at radius 3 is 2.04 bits per heavy atom. The van der Waals surface area contributed by atoms with E-state index in [1.54, 1.807) is 0 Å². The number of carbonyl (C=O) groups is 2. The van der Waals surface area contributed by atoms with E-state index in [1.807, 2.05) is 48.5 Å². The van der Waals surface area contributed by atoms with Gasteiger partial charge in [0.05, 0.1) is 11.8 Å². The third kappa shape index (κ3) is 2.42. The fraction of sp³-hybridized carbons (Fsp3) is 0.263. The van der Waals surface area contributed by atoms with Crippen molar-refractivity contribution in [2.75, 3.05) is 0 Å². The summed E-state index contributed by atoms with van der Waals surface area (Å²) in [6.07, 6.45) is 0.987. The molecule has 2 aromatic rings. The van der Waals surface area contributed by atoms with Crippen molar-refractivity contribution in [3.8, 4) is 11.5 Å². The second-order valence-corrected chi connectivity index (χ2v) is 6.32. The number of hydrogen-bond acceptors (Lipinski definition) is 3. The van der Waals surface area contributed by atoms with Gasteiger partial charge in [-0.15, -0.1) is 0 Å².